The van der Waals surface area contributed by atoms with Crippen LogP contribution in [-0.4, -0.2) is 30.3 Å². The Morgan fingerprint density at radius 1 is 1.08 bits per heavy atom. The zero-order chi connectivity index (χ0) is 18.1. The number of hydrogen-bond donors (Lipinski definition) is 1. The van der Waals surface area contributed by atoms with Crippen LogP contribution in [0.1, 0.15) is 43.2 Å². The van der Waals surface area contributed by atoms with Crippen molar-refractivity contribution in [3.63, 3.8) is 0 Å². The third-order valence-corrected chi connectivity index (χ3v) is 4.66. The number of carbonyl (C=O) groups is 1. The van der Waals surface area contributed by atoms with E-state index in [1.165, 1.54) is 24.2 Å². The smallest absolute Gasteiger partial charge is 0.226 e. The summed E-state index contributed by atoms with van der Waals surface area (Å²) in [5.41, 5.74) is 0.990. The fraction of sp³-hybridized carbons (Fsp3) is 0.500. The van der Waals surface area contributed by atoms with Crippen LogP contribution >= 0.6 is 11.3 Å². The first kappa shape index (κ1) is 19.2. The van der Waals surface area contributed by atoms with Crippen molar-refractivity contribution in [3.8, 4) is 11.5 Å². The number of methoxy groups -OCH3 is 2. The molecule has 0 saturated carbocycles. The van der Waals surface area contributed by atoms with Gasteiger partial charge >= 0.3 is 0 Å². The third kappa shape index (κ3) is 6.34. The highest BCUT2D eigenvalue weighted by Crippen LogP contribution is 2.23. The number of aromatic nitrogens is 2. The molecule has 0 fully saturated rings. The fourth-order valence-corrected chi connectivity index (χ4v) is 3.18. The molecule has 2 aromatic rings. The lowest BCUT2D eigenvalue weighted by atomic mass is 10.1. The van der Waals surface area contributed by atoms with Gasteiger partial charge in [0.05, 0.1) is 14.2 Å². The minimum Gasteiger partial charge on any atom is -0.497 e. The van der Waals surface area contributed by atoms with Crippen LogP contribution in [0.4, 0.5) is 5.13 Å². The molecule has 0 saturated heterocycles. The molecule has 7 heteroatoms. The predicted molar refractivity (Wildman–Crippen MR) is 99.6 cm³/mol. The molecule has 1 heterocycles. The molecular weight excluding hydrogens is 338 g/mol. The summed E-state index contributed by atoms with van der Waals surface area (Å²) in [5.74, 6) is 1.37. The molecule has 0 spiro atoms. The number of nitrogens with zero attached hydrogens (tertiary/aromatic N) is 2. The summed E-state index contributed by atoms with van der Waals surface area (Å²) in [6.45, 7) is 2.17. The maximum absolute atomic E-state index is 12.1. The summed E-state index contributed by atoms with van der Waals surface area (Å²) < 4.78 is 10.5. The maximum atomic E-state index is 12.1. The van der Waals surface area contributed by atoms with Gasteiger partial charge in [-0.2, -0.15) is 0 Å². The highest BCUT2D eigenvalue weighted by atomic mass is 32.1. The van der Waals surface area contributed by atoms with Gasteiger partial charge in [-0.25, -0.2) is 0 Å². The number of amides is 1. The highest BCUT2D eigenvalue weighted by Gasteiger charge is 2.09. The van der Waals surface area contributed by atoms with Gasteiger partial charge in [-0.3, -0.25) is 4.79 Å². The molecule has 0 radical (unpaired) electrons. The molecule has 0 unspecified atom stereocenters. The van der Waals surface area contributed by atoms with Gasteiger partial charge in [-0.15, -0.1) is 10.2 Å². The highest BCUT2D eigenvalue weighted by molar-refractivity contribution is 7.15. The van der Waals surface area contributed by atoms with Crippen LogP contribution in [0.5, 0.6) is 11.5 Å². The van der Waals surface area contributed by atoms with Crippen molar-refractivity contribution in [2.24, 2.45) is 0 Å². The van der Waals surface area contributed by atoms with Crippen LogP contribution < -0.4 is 14.8 Å². The molecular formula is C18H25N3O3S. The van der Waals surface area contributed by atoms with Crippen LogP contribution in [0.15, 0.2) is 18.2 Å². The molecule has 1 amide bonds. The number of aryl methyl sites for hydroxylation is 2. The minimum atomic E-state index is -0.0713. The van der Waals surface area contributed by atoms with E-state index in [1.54, 1.807) is 14.2 Å². The van der Waals surface area contributed by atoms with E-state index in [0.29, 0.717) is 18.0 Å². The topological polar surface area (TPSA) is 73.3 Å². The lowest BCUT2D eigenvalue weighted by Crippen LogP contribution is -2.12. The Balaban J connectivity index is 1.84. The summed E-state index contributed by atoms with van der Waals surface area (Å²) >= 11 is 1.45. The third-order valence-electron chi connectivity index (χ3n) is 3.76. The molecule has 2 rings (SSSR count). The van der Waals surface area contributed by atoms with E-state index in [4.69, 9.17) is 9.47 Å². The summed E-state index contributed by atoms with van der Waals surface area (Å²) in [6, 6.07) is 5.63. The van der Waals surface area contributed by atoms with E-state index in [9.17, 15) is 4.79 Å². The maximum Gasteiger partial charge on any atom is 0.226 e. The van der Waals surface area contributed by atoms with E-state index in [2.05, 4.69) is 22.4 Å². The van der Waals surface area contributed by atoms with Gasteiger partial charge in [0.1, 0.15) is 16.5 Å². The van der Waals surface area contributed by atoms with Gasteiger partial charge in [0.25, 0.3) is 0 Å². The number of ether oxygens (including phenoxy) is 2. The number of unbranched alkanes of at least 4 members (excludes halogenated alkanes) is 2. The number of hydrogen-bond acceptors (Lipinski definition) is 6. The molecule has 1 aromatic heterocycles. The zero-order valence-electron chi connectivity index (χ0n) is 15.0. The molecule has 0 atom stereocenters. The van der Waals surface area contributed by atoms with Crippen molar-refractivity contribution >= 4 is 22.4 Å². The Morgan fingerprint density at radius 2 is 1.80 bits per heavy atom. The van der Waals surface area contributed by atoms with Crippen LogP contribution in [0.3, 0.4) is 0 Å². The van der Waals surface area contributed by atoms with Crippen molar-refractivity contribution in [3.05, 3.63) is 28.8 Å². The first-order valence-corrected chi connectivity index (χ1v) is 9.30. The molecule has 1 N–H and O–H groups in total. The van der Waals surface area contributed by atoms with Crippen LogP contribution in [0.2, 0.25) is 0 Å². The first-order chi connectivity index (χ1) is 12.1. The molecule has 6 nitrogen and oxygen atoms in total. The number of carbonyl (C=O) groups excluding carboxylic acids is 1. The van der Waals surface area contributed by atoms with Crippen molar-refractivity contribution in [2.45, 2.75) is 45.4 Å². The first-order valence-electron chi connectivity index (χ1n) is 8.48. The Morgan fingerprint density at radius 3 is 2.44 bits per heavy atom. The lowest BCUT2D eigenvalue weighted by Gasteiger charge is -2.08. The van der Waals surface area contributed by atoms with E-state index in [1.807, 2.05) is 18.2 Å². The van der Waals surface area contributed by atoms with Gasteiger partial charge in [-0.05, 0) is 30.5 Å². The van der Waals surface area contributed by atoms with Gasteiger partial charge < -0.3 is 14.8 Å². The summed E-state index contributed by atoms with van der Waals surface area (Å²) in [6.07, 6.45) is 5.35. The van der Waals surface area contributed by atoms with Crippen LogP contribution in [-0.2, 0) is 17.6 Å². The Hall–Kier alpha value is -2.15. The summed E-state index contributed by atoms with van der Waals surface area (Å²) in [5, 5.41) is 12.5. The molecule has 0 aliphatic heterocycles. The van der Waals surface area contributed by atoms with E-state index >= 15 is 0 Å². The second-order valence-corrected chi connectivity index (χ2v) is 6.79. The molecule has 0 aliphatic carbocycles. The molecule has 0 aliphatic rings. The fourth-order valence-electron chi connectivity index (χ4n) is 2.38. The average Bonchev–Trinajstić information content (AvgIpc) is 3.07. The second kappa shape index (κ2) is 9.98. The summed E-state index contributed by atoms with van der Waals surface area (Å²) in [7, 11) is 3.22. The van der Waals surface area contributed by atoms with Crippen molar-refractivity contribution in [1.29, 1.82) is 0 Å². The largest absolute Gasteiger partial charge is 0.497 e. The quantitative estimate of drug-likeness (QED) is 0.649. The van der Waals surface area contributed by atoms with Crippen LogP contribution in [0.25, 0.3) is 0 Å². The van der Waals surface area contributed by atoms with E-state index in [0.717, 1.165) is 34.9 Å². The normalized spacial score (nSPS) is 10.5. The predicted octanol–water partition coefficient (Wildman–Crippen LogP) is 3.86. The zero-order valence-corrected chi connectivity index (χ0v) is 15.8. The number of rotatable bonds is 10. The van der Waals surface area contributed by atoms with Gasteiger partial charge in [0.2, 0.25) is 11.0 Å². The second-order valence-electron chi connectivity index (χ2n) is 5.73. The number of anilines is 1. The SMILES string of the molecule is CCCCCc1nnc(NC(=O)CCc2cc(OC)cc(OC)c2)s1. The Bertz CT molecular complexity index is 666. The Kier molecular flexibility index (Phi) is 7.66. The molecule has 0 bridgehead atoms. The number of benzene rings is 1. The van der Waals surface area contributed by atoms with E-state index < -0.39 is 0 Å². The standard InChI is InChI=1S/C18H25N3O3S/c1-4-5-6-7-17-20-21-18(25-17)19-16(22)9-8-13-10-14(23-2)12-15(11-13)24-3/h10-12H,4-9H2,1-3H3,(H,19,21,22). The van der Waals surface area contributed by atoms with Gasteiger partial charge in [0.15, 0.2) is 0 Å². The van der Waals surface area contributed by atoms with Crippen molar-refractivity contribution in [1.82, 2.24) is 10.2 Å². The van der Waals surface area contributed by atoms with Gasteiger partial charge in [0, 0.05) is 18.9 Å². The molecule has 1 aromatic carbocycles. The number of nitrogens with one attached hydrogen (secondary N) is 1. The summed E-state index contributed by atoms with van der Waals surface area (Å²) in [4.78, 5) is 12.1. The van der Waals surface area contributed by atoms with Gasteiger partial charge in [-0.1, -0.05) is 31.1 Å². The van der Waals surface area contributed by atoms with Crippen LogP contribution in [0, 0.1) is 0 Å². The lowest BCUT2D eigenvalue weighted by molar-refractivity contribution is -0.116. The average molecular weight is 363 g/mol. The monoisotopic (exact) mass is 363 g/mol. The van der Waals surface area contributed by atoms with E-state index in [-0.39, 0.29) is 5.91 Å². The molecule has 25 heavy (non-hydrogen) atoms. The Labute approximate surface area is 152 Å². The van der Waals surface area contributed by atoms with Crippen molar-refractivity contribution in [2.75, 3.05) is 19.5 Å². The van der Waals surface area contributed by atoms with Crippen molar-refractivity contribution < 1.29 is 14.3 Å². The minimum absolute atomic E-state index is 0.0713. The molecule has 136 valence electrons.